The zero-order valence-corrected chi connectivity index (χ0v) is 21.8. The zero-order valence-electron chi connectivity index (χ0n) is 21.8. The second-order valence-corrected chi connectivity index (χ2v) is 9.52. The first-order chi connectivity index (χ1) is 17.4. The molecule has 0 unspecified atom stereocenters. The highest BCUT2D eigenvalue weighted by molar-refractivity contribution is 5.53. The molecule has 0 spiro atoms. The molecule has 0 aliphatic heterocycles. The molecule has 0 saturated carbocycles. The Morgan fingerprint density at radius 3 is 1.68 bits per heavy atom. The summed E-state index contributed by atoms with van der Waals surface area (Å²) in [5, 5.41) is 4.14. The monoisotopic (exact) mass is 514 g/mol. The summed E-state index contributed by atoms with van der Waals surface area (Å²) in [4.78, 5) is 17.2. The topological polar surface area (TPSA) is 77.7 Å². The number of hydrogen-bond donors (Lipinski definition) is 0. The van der Waals surface area contributed by atoms with Crippen molar-refractivity contribution in [3.8, 4) is 0 Å². The molecule has 0 atom stereocenters. The van der Waals surface area contributed by atoms with Gasteiger partial charge in [0.05, 0.1) is 34.3 Å². The van der Waals surface area contributed by atoms with Crippen molar-refractivity contribution in [3.05, 3.63) is 97.2 Å². The highest BCUT2D eigenvalue weighted by Crippen LogP contribution is 2.18. The van der Waals surface area contributed by atoms with Gasteiger partial charge in [-0.1, -0.05) is 56.4 Å². The molecule has 0 N–H and O–H groups in total. The number of rotatable bonds is 3. The quantitative estimate of drug-likeness (QED) is 0.245. The largest absolute Gasteiger partial charge is 0.321 e. The number of nitrogens with zero attached hydrogens (tertiary/aromatic N) is 8. The van der Waals surface area contributed by atoms with Crippen LogP contribution >= 0.6 is 0 Å². The second-order valence-electron chi connectivity index (χ2n) is 9.52. The summed E-state index contributed by atoms with van der Waals surface area (Å²) in [5.74, 6) is 1.37. The van der Waals surface area contributed by atoms with Gasteiger partial charge in [0.2, 0.25) is 0 Å². The first-order valence-electron chi connectivity index (χ1n) is 12.3. The van der Waals surface area contributed by atoms with Gasteiger partial charge in [0.1, 0.15) is 0 Å². The van der Waals surface area contributed by atoms with Crippen molar-refractivity contribution in [2.24, 2.45) is 0 Å². The summed E-state index contributed by atoms with van der Waals surface area (Å²) in [7, 11) is 0. The first-order valence-corrected chi connectivity index (χ1v) is 12.3. The Morgan fingerprint density at radius 2 is 1.05 bits per heavy atom. The molecular weight excluding hydrogens is 472 g/mol. The average Bonchev–Trinajstić information content (AvgIpc) is 3.63. The molecule has 0 amide bonds. The minimum atomic E-state index is 0. The predicted molar refractivity (Wildman–Crippen MR) is 157 cm³/mol. The van der Waals surface area contributed by atoms with E-state index in [1.54, 1.807) is 18.6 Å². The summed E-state index contributed by atoms with van der Waals surface area (Å²) in [6.07, 6.45) is 18.8. The van der Waals surface area contributed by atoms with Crippen molar-refractivity contribution in [1.82, 2.24) is 38.4 Å². The van der Waals surface area contributed by atoms with Gasteiger partial charge >= 0.3 is 0 Å². The minimum absolute atomic E-state index is 0. The van der Waals surface area contributed by atoms with E-state index in [1.165, 1.54) is 11.2 Å². The molecule has 0 fully saturated rings. The Kier molecular flexibility index (Phi) is 10.7. The maximum absolute atomic E-state index is 4.36. The van der Waals surface area contributed by atoms with Crippen LogP contribution in [0.1, 0.15) is 91.2 Å². The molecule has 8 heteroatoms. The van der Waals surface area contributed by atoms with Gasteiger partial charge in [-0.2, -0.15) is 5.10 Å². The van der Waals surface area contributed by atoms with Crippen LogP contribution in [0.15, 0.2) is 80.2 Å². The fourth-order valence-electron chi connectivity index (χ4n) is 4.04. The van der Waals surface area contributed by atoms with E-state index >= 15 is 0 Å². The van der Waals surface area contributed by atoms with Crippen molar-refractivity contribution < 1.29 is 0 Å². The van der Waals surface area contributed by atoms with Gasteiger partial charge in [-0.25, -0.2) is 9.50 Å². The third-order valence-electron chi connectivity index (χ3n) is 5.82. The molecule has 0 aliphatic rings. The lowest BCUT2D eigenvalue weighted by Crippen LogP contribution is -1.97. The molecule has 0 radical (unpaired) electrons. The summed E-state index contributed by atoms with van der Waals surface area (Å²) < 4.78 is 5.94. The number of aromatic nitrogens is 8. The standard InChI is InChI=1S/C10H12N2.2C9H11N3.2CH4/c1-8(2)10-9-4-3-6-12(9)7-5-11-10;1-7(2)8-9-11-4-6-12(9)5-3-10-8;1-7(2)9-8-3-4-11-12(8)6-5-10-9;;/h3-8H,1-2H3;2*3-7H,1-2H3;2*1H4. The van der Waals surface area contributed by atoms with Gasteiger partial charge in [0.25, 0.3) is 0 Å². The Labute approximate surface area is 226 Å². The van der Waals surface area contributed by atoms with Gasteiger partial charge in [-0.05, 0) is 36.0 Å². The summed E-state index contributed by atoms with van der Waals surface area (Å²) in [6.45, 7) is 12.8. The van der Waals surface area contributed by atoms with E-state index in [0.717, 1.165) is 22.6 Å². The van der Waals surface area contributed by atoms with E-state index in [4.69, 9.17) is 0 Å². The van der Waals surface area contributed by atoms with Crippen LogP contribution in [0.2, 0.25) is 0 Å². The maximum Gasteiger partial charge on any atom is 0.158 e. The van der Waals surface area contributed by atoms with Crippen LogP contribution in [0.5, 0.6) is 0 Å². The van der Waals surface area contributed by atoms with Gasteiger partial charge < -0.3 is 8.80 Å². The predicted octanol–water partition coefficient (Wildman–Crippen LogP) is 7.44. The summed E-state index contributed by atoms with van der Waals surface area (Å²) >= 11 is 0. The molecular formula is C30H42N8. The summed E-state index contributed by atoms with van der Waals surface area (Å²) in [6, 6.07) is 6.13. The molecule has 6 aromatic heterocycles. The molecule has 0 bridgehead atoms. The lowest BCUT2D eigenvalue weighted by molar-refractivity contribution is 0.809. The van der Waals surface area contributed by atoms with Crippen molar-refractivity contribution in [3.63, 3.8) is 0 Å². The van der Waals surface area contributed by atoms with Crippen molar-refractivity contribution in [1.29, 1.82) is 0 Å². The highest BCUT2D eigenvalue weighted by atomic mass is 15.2. The third-order valence-corrected chi connectivity index (χ3v) is 5.82. The fraction of sp³-hybridized carbons (Fsp3) is 0.367. The Bertz CT molecular complexity index is 1350. The number of imidazole rings is 1. The SMILES string of the molecule is C.C.CC(C)c1nccn2cccc12.CC(C)c1nccn2ccnc12.CC(C)c1nccn2nccc12. The van der Waals surface area contributed by atoms with E-state index < -0.39 is 0 Å². The van der Waals surface area contributed by atoms with E-state index in [2.05, 4.69) is 77.0 Å². The third kappa shape index (κ3) is 6.62. The van der Waals surface area contributed by atoms with E-state index in [9.17, 15) is 0 Å². The molecule has 6 aromatic rings. The van der Waals surface area contributed by atoms with Crippen molar-refractivity contribution in [2.45, 2.75) is 74.1 Å². The Morgan fingerprint density at radius 1 is 0.526 bits per heavy atom. The number of hydrogen-bond acceptors (Lipinski definition) is 5. The number of fused-ring (bicyclic) bond motifs is 3. The molecule has 6 heterocycles. The van der Waals surface area contributed by atoms with Crippen LogP contribution in [-0.2, 0) is 0 Å². The fourth-order valence-corrected chi connectivity index (χ4v) is 4.04. The Balaban J connectivity index is 0.000000195. The molecule has 202 valence electrons. The van der Waals surface area contributed by atoms with E-state index in [-0.39, 0.29) is 14.9 Å². The lowest BCUT2D eigenvalue weighted by Gasteiger charge is -2.05. The van der Waals surface area contributed by atoms with E-state index in [0.29, 0.717) is 17.8 Å². The highest BCUT2D eigenvalue weighted by Gasteiger charge is 2.07. The zero-order chi connectivity index (χ0) is 25.7. The summed E-state index contributed by atoms with van der Waals surface area (Å²) in [5.41, 5.74) is 6.62. The van der Waals surface area contributed by atoms with Crippen LogP contribution in [0, 0.1) is 0 Å². The van der Waals surface area contributed by atoms with Gasteiger partial charge in [-0.15, -0.1) is 0 Å². The van der Waals surface area contributed by atoms with Crippen LogP contribution < -0.4 is 0 Å². The first kappa shape index (κ1) is 30.2. The van der Waals surface area contributed by atoms with Gasteiger partial charge in [-0.3, -0.25) is 15.0 Å². The molecule has 0 aliphatic carbocycles. The van der Waals surface area contributed by atoms with Crippen molar-refractivity contribution in [2.75, 3.05) is 0 Å². The molecule has 6 rings (SSSR count). The van der Waals surface area contributed by atoms with Crippen LogP contribution in [-0.4, -0.2) is 38.4 Å². The van der Waals surface area contributed by atoms with Gasteiger partial charge in [0, 0.05) is 55.8 Å². The van der Waals surface area contributed by atoms with Crippen LogP contribution in [0.4, 0.5) is 0 Å². The van der Waals surface area contributed by atoms with Gasteiger partial charge in [0.15, 0.2) is 5.65 Å². The van der Waals surface area contributed by atoms with Crippen LogP contribution in [0.25, 0.3) is 16.7 Å². The molecule has 0 saturated heterocycles. The molecule has 38 heavy (non-hydrogen) atoms. The molecule has 0 aromatic carbocycles. The average molecular weight is 515 g/mol. The normalized spacial score (nSPS) is 10.7. The smallest absolute Gasteiger partial charge is 0.158 e. The maximum atomic E-state index is 4.36. The Hall–Kier alpha value is -4.07. The molecule has 8 nitrogen and oxygen atoms in total. The second kappa shape index (κ2) is 13.5. The van der Waals surface area contributed by atoms with E-state index in [1.807, 2.05) is 64.4 Å². The lowest BCUT2D eigenvalue weighted by atomic mass is 10.1. The van der Waals surface area contributed by atoms with Crippen LogP contribution in [0.3, 0.4) is 0 Å². The van der Waals surface area contributed by atoms with Crippen molar-refractivity contribution >= 4 is 16.7 Å². The minimum Gasteiger partial charge on any atom is -0.321 e.